The largest absolute Gasteiger partial charge is 0.216 e. The molecule has 0 unspecified atom stereocenters. The minimum atomic E-state index is -3.22. The number of hydrogen-bond donors (Lipinski definition) is 1. The quantitative estimate of drug-likeness (QED) is 0.879. The summed E-state index contributed by atoms with van der Waals surface area (Å²) < 4.78 is 26.0. The van der Waals surface area contributed by atoms with Crippen molar-refractivity contribution in [3.05, 3.63) is 35.4 Å². The molecule has 0 amide bonds. The molecule has 96 valence electrons. The van der Waals surface area contributed by atoms with Gasteiger partial charge in [-0.15, -0.1) is 0 Å². The number of rotatable bonds is 5. The highest BCUT2D eigenvalue weighted by Crippen LogP contribution is 2.15. The first kappa shape index (κ1) is 14.2. The molecule has 0 aliphatic carbocycles. The molecular weight excluding hydrogens is 234 g/mol. The van der Waals surface area contributed by atoms with Gasteiger partial charge < -0.3 is 0 Å². The highest BCUT2D eigenvalue weighted by Gasteiger charge is 2.12. The highest BCUT2D eigenvalue weighted by molar-refractivity contribution is 7.88. The fourth-order valence-electron chi connectivity index (χ4n) is 1.62. The molecule has 0 saturated carbocycles. The Morgan fingerprint density at radius 2 is 1.59 bits per heavy atom. The summed E-state index contributed by atoms with van der Waals surface area (Å²) in [4.78, 5) is 0. The summed E-state index contributed by atoms with van der Waals surface area (Å²) >= 11 is 0. The second-order valence-corrected chi connectivity index (χ2v) is 6.68. The van der Waals surface area contributed by atoms with E-state index in [9.17, 15) is 8.42 Å². The molecule has 1 aromatic carbocycles. The molecule has 0 aliphatic heterocycles. The molecule has 0 aromatic heterocycles. The molecule has 0 bridgehead atoms. The summed E-state index contributed by atoms with van der Waals surface area (Å²) in [6.07, 6.45) is 0. The Hall–Kier alpha value is -0.870. The molecule has 0 radical (unpaired) electrons. The van der Waals surface area contributed by atoms with E-state index in [2.05, 4.69) is 18.6 Å². The summed E-state index contributed by atoms with van der Waals surface area (Å²) in [7, 11) is -3.22. The monoisotopic (exact) mass is 255 g/mol. The average Bonchev–Trinajstić information content (AvgIpc) is 2.15. The van der Waals surface area contributed by atoms with Crippen molar-refractivity contribution in [2.24, 2.45) is 0 Å². The van der Waals surface area contributed by atoms with E-state index in [1.54, 1.807) is 0 Å². The Kier molecular flexibility index (Phi) is 4.71. The smallest absolute Gasteiger partial charge is 0.212 e. The molecule has 1 N–H and O–H groups in total. The van der Waals surface area contributed by atoms with Crippen LogP contribution in [0.1, 0.15) is 44.7 Å². The zero-order chi connectivity index (χ0) is 13.1. The molecule has 17 heavy (non-hydrogen) atoms. The van der Waals surface area contributed by atoms with Crippen LogP contribution < -0.4 is 4.72 Å². The van der Waals surface area contributed by atoms with Crippen molar-refractivity contribution < 1.29 is 8.42 Å². The number of benzene rings is 1. The molecule has 0 saturated heterocycles. The topological polar surface area (TPSA) is 46.2 Å². The summed E-state index contributed by atoms with van der Waals surface area (Å²) in [5, 5.41) is 0. The van der Waals surface area contributed by atoms with Gasteiger partial charge in [0.15, 0.2) is 0 Å². The van der Waals surface area contributed by atoms with E-state index in [1.165, 1.54) is 5.56 Å². The Labute approximate surface area is 104 Å². The van der Waals surface area contributed by atoms with Crippen LogP contribution >= 0.6 is 0 Å². The average molecular weight is 255 g/mol. The lowest BCUT2D eigenvalue weighted by atomic mass is 10.0. The van der Waals surface area contributed by atoms with Crippen LogP contribution in [0.5, 0.6) is 0 Å². The third kappa shape index (κ3) is 4.88. The van der Waals surface area contributed by atoms with Crippen molar-refractivity contribution in [2.45, 2.75) is 45.4 Å². The van der Waals surface area contributed by atoms with Crippen LogP contribution in [-0.2, 0) is 15.8 Å². The van der Waals surface area contributed by atoms with Gasteiger partial charge >= 0.3 is 0 Å². The predicted molar refractivity (Wildman–Crippen MR) is 71.4 cm³/mol. The Morgan fingerprint density at radius 1 is 1.06 bits per heavy atom. The summed E-state index contributed by atoms with van der Waals surface area (Å²) in [6, 6.07) is 7.69. The van der Waals surface area contributed by atoms with Crippen molar-refractivity contribution >= 4 is 10.0 Å². The number of sulfonamides is 1. The molecule has 0 heterocycles. The summed E-state index contributed by atoms with van der Waals surface area (Å²) in [5.74, 6) is 0.512. The zero-order valence-electron chi connectivity index (χ0n) is 10.9. The van der Waals surface area contributed by atoms with Crippen LogP contribution in [0.2, 0.25) is 0 Å². The van der Waals surface area contributed by atoms with Crippen molar-refractivity contribution in [3.63, 3.8) is 0 Å². The minimum absolute atomic E-state index is 0.0452. The molecule has 0 aliphatic rings. The maximum absolute atomic E-state index is 11.7. The molecular formula is C13H21NO2S. The van der Waals surface area contributed by atoms with Gasteiger partial charge in [0.2, 0.25) is 10.0 Å². The fourth-order valence-corrected chi connectivity index (χ4v) is 3.05. The second kappa shape index (κ2) is 5.65. The van der Waals surface area contributed by atoms with Gasteiger partial charge in [0.25, 0.3) is 0 Å². The van der Waals surface area contributed by atoms with E-state index in [-0.39, 0.29) is 11.8 Å². The zero-order valence-corrected chi connectivity index (χ0v) is 11.7. The first-order valence-corrected chi connectivity index (χ1v) is 7.54. The lowest BCUT2D eigenvalue weighted by molar-refractivity contribution is 0.569. The van der Waals surface area contributed by atoms with Gasteiger partial charge in [-0.25, -0.2) is 13.1 Å². The Bertz CT molecular complexity index is 447. The van der Waals surface area contributed by atoms with Crippen molar-refractivity contribution in [2.75, 3.05) is 0 Å². The molecule has 3 nitrogen and oxygen atoms in total. The third-order valence-corrected chi connectivity index (χ3v) is 3.96. The van der Waals surface area contributed by atoms with Crippen LogP contribution in [0.3, 0.4) is 0 Å². The molecule has 1 rings (SSSR count). The van der Waals surface area contributed by atoms with Gasteiger partial charge in [0.05, 0.1) is 5.75 Å². The first-order valence-electron chi connectivity index (χ1n) is 5.89. The normalized spacial score (nSPS) is 12.4. The van der Waals surface area contributed by atoms with Crippen molar-refractivity contribution in [1.29, 1.82) is 0 Å². The van der Waals surface area contributed by atoms with Gasteiger partial charge in [-0.2, -0.15) is 0 Å². The van der Waals surface area contributed by atoms with Crippen molar-refractivity contribution in [1.82, 2.24) is 4.72 Å². The van der Waals surface area contributed by atoms with Gasteiger partial charge in [-0.1, -0.05) is 38.1 Å². The van der Waals surface area contributed by atoms with Gasteiger partial charge in [0.1, 0.15) is 0 Å². The highest BCUT2D eigenvalue weighted by atomic mass is 32.2. The van der Waals surface area contributed by atoms with Crippen LogP contribution in [-0.4, -0.2) is 14.5 Å². The SMILES string of the molecule is CC(C)NS(=O)(=O)Cc1ccc(C(C)C)cc1. The Morgan fingerprint density at radius 3 is 2.00 bits per heavy atom. The van der Waals surface area contributed by atoms with Crippen LogP contribution in [0.4, 0.5) is 0 Å². The summed E-state index contributed by atoms with van der Waals surface area (Å²) in [6.45, 7) is 7.87. The summed E-state index contributed by atoms with van der Waals surface area (Å²) in [5.41, 5.74) is 2.05. The minimum Gasteiger partial charge on any atom is -0.212 e. The second-order valence-electron chi connectivity index (χ2n) is 4.93. The maximum Gasteiger partial charge on any atom is 0.216 e. The number of hydrogen-bond acceptors (Lipinski definition) is 2. The van der Waals surface area contributed by atoms with E-state index < -0.39 is 10.0 Å². The molecule has 1 aromatic rings. The van der Waals surface area contributed by atoms with Gasteiger partial charge in [-0.05, 0) is 30.9 Å². The van der Waals surface area contributed by atoms with E-state index in [1.807, 2.05) is 38.1 Å². The third-order valence-electron chi connectivity index (χ3n) is 2.42. The van der Waals surface area contributed by atoms with Gasteiger partial charge in [-0.3, -0.25) is 0 Å². The molecule has 0 atom stereocenters. The molecule has 0 fully saturated rings. The first-order chi connectivity index (χ1) is 7.80. The standard InChI is InChI=1S/C13H21NO2S/c1-10(2)13-7-5-12(6-8-13)9-17(15,16)14-11(3)4/h5-8,10-11,14H,9H2,1-4H3. The molecule has 4 heteroatoms. The number of nitrogens with one attached hydrogen (secondary N) is 1. The maximum atomic E-state index is 11.7. The van der Waals surface area contributed by atoms with Gasteiger partial charge in [0, 0.05) is 6.04 Å². The lowest BCUT2D eigenvalue weighted by Crippen LogP contribution is -2.31. The van der Waals surface area contributed by atoms with Crippen LogP contribution in [0.25, 0.3) is 0 Å². The van der Waals surface area contributed by atoms with E-state index in [0.29, 0.717) is 5.92 Å². The van der Waals surface area contributed by atoms with E-state index >= 15 is 0 Å². The van der Waals surface area contributed by atoms with E-state index in [0.717, 1.165) is 5.56 Å². The van der Waals surface area contributed by atoms with Crippen LogP contribution in [0, 0.1) is 0 Å². The van der Waals surface area contributed by atoms with Crippen molar-refractivity contribution in [3.8, 4) is 0 Å². The predicted octanol–water partition coefficient (Wildman–Crippen LogP) is 2.64. The van der Waals surface area contributed by atoms with E-state index in [4.69, 9.17) is 0 Å². The fraction of sp³-hybridized carbons (Fsp3) is 0.538. The molecule has 0 spiro atoms. The Balaban J connectivity index is 2.76. The lowest BCUT2D eigenvalue weighted by Gasteiger charge is -2.10. The van der Waals surface area contributed by atoms with Crippen LogP contribution in [0.15, 0.2) is 24.3 Å².